The van der Waals surface area contributed by atoms with Crippen molar-refractivity contribution in [2.45, 2.75) is 26.8 Å². The van der Waals surface area contributed by atoms with Gasteiger partial charge in [-0.15, -0.1) is 0 Å². The Hall–Kier alpha value is -2.89. The van der Waals surface area contributed by atoms with Crippen molar-refractivity contribution in [2.24, 2.45) is 5.92 Å². The minimum Gasteiger partial charge on any atom is -0.334 e. The molecule has 1 aromatic carbocycles. The molecule has 6 heteroatoms. The molecule has 4 rings (SSSR count). The van der Waals surface area contributed by atoms with E-state index in [2.05, 4.69) is 15.3 Å². The van der Waals surface area contributed by atoms with Crippen LogP contribution in [0.15, 0.2) is 43.0 Å². The summed E-state index contributed by atoms with van der Waals surface area (Å²) < 4.78 is 4.08. The Morgan fingerprint density at radius 3 is 2.67 bits per heavy atom. The first-order valence-electron chi connectivity index (χ1n) is 8.03. The second kappa shape index (κ2) is 5.63. The lowest BCUT2D eigenvalue weighted by atomic mass is 10.1. The van der Waals surface area contributed by atoms with E-state index in [0.29, 0.717) is 13.0 Å². The summed E-state index contributed by atoms with van der Waals surface area (Å²) in [5, 5.41) is 3.00. The number of fused-ring (bicyclic) bond motifs is 1. The number of nitrogens with zero attached hydrogens (tertiary/aromatic N) is 4. The lowest BCUT2D eigenvalue weighted by molar-refractivity contribution is -0.119. The van der Waals surface area contributed by atoms with Crippen LogP contribution in [0.4, 0.5) is 5.69 Å². The average molecular weight is 321 g/mol. The van der Waals surface area contributed by atoms with E-state index >= 15 is 0 Å². The van der Waals surface area contributed by atoms with E-state index < -0.39 is 0 Å². The smallest absolute Gasteiger partial charge is 0.229 e. The Bertz CT molecular complexity index is 870. The van der Waals surface area contributed by atoms with Gasteiger partial charge in [-0.05, 0) is 38.1 Å². The van der Waals surface area contributed by atoms with Gasteiger partial charge in [0, 0.05) is 42.4 Å². The van der Waals surface area contributed by atoms with Crippen LogP contribution in [0.3, 0.4) is 0 Å². The van der Waals surface area contributed by atoms with Crippen LogP contribution in [-0.2, 0) is 17.8 Å². The quantitative estimate of drug-likeness (QED) is 0.806. The SMILES string of the molecule is Cc1ncn(-c2ccc(NC(=O)C3Cc4nccn4C3)cc2)c1C. The number of aryl methyl sites for hydroxylation is 1. The van der Waals surface area contributed by atoms with Crippen LogP contribution in [-0.4, -0.2) is 25.0 Å². The largest absolute Gasteiger partial charge is 0.334 e. The molecule has 1 unspecified atom stereocenters. The predicted molar refractivity (Wildman–Crippen MR) is 91.1 cm³/mol. The number of hydrogen-bond donors (Lipinski definition) is 1. The second-order valence-corrected chi connectivity index (χ2v) is 6.22. The van der Waals surface area contributed by atoms with Crippen LogP contribution in [0.25, 0.3) is 5.69 Å². The molecule has 1 atom stereocenters. The molecule has 0 saturated carbocycles. The van der Waals surface area contributed by atoms with E-state index in [1.54, 1.807) is 6.20 Å². The van der Waals surface area contributed by atoms with Crippen LogP contribution in [0.5, 0.6) is 0 Å². The topological polar surface area (TPSA) is 64.7 Å². The van der Waals surface area contributed by atoms with E-state index in [0.717, 1.165) is 28.6 Å². The number of carbonyl (C=O) groups is 1. The van der Waals surface area contributed by atoms with Gasteiger partial charge in [-0.1, -0.05) is 0 Å². The molecule has 0 bridgehead atoms. The molecule has 0 aliphatic carbocycles. The van der Waals surface area contributed by atoms with Gasteiger partial charge in [-0.3, -0.25) is 4.79 Å². The highest BCUT2D eigenvalue weighted by atomic mass is 16.1. The van der Waals surface area contributed by atoms with Gasteiger partial charge >= 0.3 is 0 Å². The summed E-state index contributed by atoms with van der Waals surface area (Å²) in [6, 6.07) is 7.83. The van der Waals surface area contributed by atoms with E-state index in [-0.39, 0.29) is 11.8 Å². The zero-order chi connectivity index (χ0) is 16.7. The molecule has 6 nitrogen and oxygen atoms in total. The third-order valence-corrected chi connectivity index (χ3v) is 4.68. The molecule has 1 N–H and O–H groups in total. The minimum atomic E-state index is -0.0491. The van der Waals surface area contributed by atoms with Gasteiger partial charge in [0.15, 0.2) is 0 Å². The van der Waals surface area contributed by atoms with Crippen molar-refractivity contribution in [2.75, 3.05) is 5.32 Å². The van der Waals surface area contributed by atoms with Gasteiger partial charge < -0.3 is 14.5 Å². The lowest BCUT2D eigenvalue weighted by Crippen LogP contribution is -2.23. The first kappa shape index (κ1) is 14.7. The first-order chi connectivity index (χ1) is 11.6. The monoisotopic (exact) mass is 321 g/mol. The third kappa shape index (κ3) is 2.50. The van der Waals surface area contributed by atoms with Crippen molar-refractivity contribution >= 4 is 11.6 Å². The van der Waals surface area contributed by atoms with Crippen LogP contribution in [0.2, 0.25) is 0 Å². The zero-order valence-corrected chi connectivity index (χ0v) is 13.7. The fraction of sp³-hybridized carbons (Fsp3) is 0.278. The predicted octanol–water partition coefficient (Wildman–Crippen LogP) is 2.50. The molecule has 1 aliphatic heterocycles. The fourth-order valence-corrected chi connectivity index (χ4v) is 3.10. The van der Waals surface area contributed by atoms with Crippen molar-refractivity contribution in [1.29, 1.82) is 0 Å². The first-order valence-corrected chi connectivity index (χ1v) is 8.03. The van der Waals surface area contributed by atoms with Crippen molar-refractivity contribution in [3.8, 4) is 5.69 Å². The van der Waals surface area contributed by atoms with Gasteiger partial charge in [0.1, 0.15) is 5.82 Å². The summed E-state index contributed by atoms with van der Waals surface area (Å²) in [6.45, 7) is 4.74. The molecule has 1 aliphatic rings. The lowest BCUT2D eigenvalue weighted by Gasteiger charge is -2.11. The number of hydrogen-bond acceptors (Lipinski definition) is 3. The number of amides is 1. The van der Waals surface area contributed by atoms with Crippen LogP contribution in [0.1, 0.15) is 17.2 Å². The number of nitrogens with one attached hydrogen (secondary N) is 1. The van der Waals surface area contributed by atoms with Gasteiger partial charge in [-0.25, -0.2) is 9.97 Å². The van der Waals surface area contributed by atoms with Gasteiger partial charge in [0.25, 0.3) is 0 Å². The average Bonchev–Trinajstić information content (AvgIpc) is 3.25. The van der Waals surface area contributed by atoms with Crippen LogP contribution in [0, 0.1) is 19.8 Å². The number of aromatic nitrogens is 4. The van der Waals surface area contributed by atoms with Crippen LogP contribution < -0.4 is 5.32 Å². The van der Waals surface area contributed by atoms with Crippen molar-refractivity contribution in [1.82, 2.24) is 19.1 Å². The highest BCUT2D eigenvalue weighted by Crippen LogP contribution is 2.21. The van der Waals surface area contributed by atoms with Gasteiger partial charge in [0.2, 0.25) is 5.91 Å². The normalized spacial score (nSPS) is 16.2. The number of carbonyl (C=O) groups excluding carboxylic acids is 1. The van der Waals surface area contributed by atoms with Crippen LogP contribution >= 0.6 is 0 Å². The highest BCUT2D eigenvalue weighted by Gasteiger charge is 2.27. The summed E-state index contributed by atoms with van der Waals surface area (Å²) in [5.41, 5.74) is 3.98. The summed E-state index contributed by atoms with van der Waals surface area (Å²) in [6.07, 6.45) is 6.22. The Kier molecular flexibility index (Phi) is 3.45. The molecule has 1 amide bonds. The molecule has 0 saturated heterocycles. The number of rotatable bonds is 3. The summed E-state index contributed by atoms with van der Waals surface area (Å²) in [5.74, 6) is 0.978. The van der Waals surface area contributed by atoms with E-state index in [1.165, 1.54) is 0 Å². The summed E-state index contributed by atoms with van der Waals surface area (Å²) in [4.78, 5) is 21.0. The molecule has 2 aromatic heterocycles. The van der Waals surface area contributed by atoms with Crippen molar-refractivity contribution in [3.05, 3.63) is 60.2 Å². The molecular weight excluding hydrogens is 302 g/mol. The maximum absolute atomic E-state index is 12.4. The molecule has 0 fully saturated rings. The molecule has 0 radical (unpaired) electrons. The maximum Gasteiger partial charge on any atom is 0.229 e. The molecule has 24 heavy (non-hydrogen) atoms. The van der Waals surface area contributed by atoms with Gasteiger partial charge in [0.05, 0.1) is 17.9 Å². The molecule has 122 valence electrons. The Morgan fingerprint density at radius 1 is 1.21 bits per heavy atom. The third-order valence-electron chi connectivity index (χ3n) is 4.68. The number of benzene rings is 1. The number of imidazole rings is 2. The minimum absolute atomic E-state index is 0.0444. The Morgan fingerprint density at radius 2 is 2.00 bits per heavy atom. The summed E-state index contributed by atoms with van der Waals surface area (Å²) >= 11 is 0. The van der Waals surface area contributed by atoms with Gasteiger partial charge in [-0.2, -0.15) is 0 Å². The van der Waals surface area contributed by atoms with Crippen molar-refractivity contribution in [3.63, 3.8) is 0 Å². The molecule has 0 spiro atoms. The van der Waals surface area contributed by atoms with E-state index in [1.807, 2.05) is 59.8 Å². The fourth-order valence-electron chi connectivity index (χ4n) is 3.10. The Labute approximate surface area is 140 Å². The van der Waals surface area contributed by atoms with E-state index in [9.17, 15) is 4.79 Å². The molecule has 3 heterocycles. The maximum atomic E-state index is 12.4. The molecule has 3 aromatic rings. The zero-order valence-electron chi connectivity index (χ0n) is 13.7. The summed E-state index contributed by atoms with van der Waals surface area (Å²) in [7, 11) is 0. The van der Waals surface area contributed by atoms with E-state index in [4.69, 9.17) is 0 Å². The standard InChI is InChI=1S/C18H19N5O/c1-12-13(2)23(11-20-12)16-5-3-15(4-6-16)21-18(24)14-9-17-19-7-8-22(17)10-14/h3-8,11,14H,9-10H2,1-2H3,(H,21,24). The Balaban J connectivity index is 1.45. The highest BCUT2D eigenvalue weighted by molar-refractivity contribution is 5.92. The van der Waals surface area contributed by atoms with Crippen molar-refractivity contribution < 1.29 is 4.79 Å². The second-order valence-electron chi connectivity index (χ2n) is 6.22. The molecular formula is C18H19N5O. The number of anilines is 1.